The van der Waals surface area contributed by atoms with E-state index in [1.54, 1.807) is 0 Å². The first-order valence-electron chi connectivity index (χ1n) is 5.68. The first-order valence-corrected chi connectivity index (χ1v) is 7.21. The summed E-state index contributed by atoms with van der Waals surface area (Å²) in [5.41, 5.74) is 7.19. The zero-order valence-electron chi connectivity index (χ0n) is 10.5. The molecule has 0 aliphatic carbocycles. The van der Waals surface area contributed by atoms with Crippen LogP contribution in [0.15, 0.2) is 0 Å². The second kappa shape index (κ2) is 6.91. The Kier molecular flexibility index (Phi) is 5.85. The van der Waals surface area contributed by atoms with Crippen molar-refractivity contribution in [2.75, 3.05) is 22.6 Å². The Balaban J connectivity index is 2.61. The number of hydrogen-bond donors (Lipinski definition) is 2. The molecule has 0 saturated heterocycles. The Morgan fingerprint density at radius 2 is 2.18 bits per heavy atom. The molecule has 1 rings (SSSR count). The predicted octanol–water partition coefficient (Wildman–Crippen LogP) is 2.96. The molecule has 0 aromatic carbocycles. The van der Waals surface area contributed by atoms with Crippen molar-refractivity contribution in [1.82, 2.24) is 9.97 Å². The van der Waals surface area contributed by atoms with E-state index in [0.717, 1.165) is 17.9 Å². The van der Waals surface area contributed by atoms with Gasteiger partial charge in [0.25, 0.3) is 0 Å². The van der Waals surface area contributed by atoms with Crippen LogP contribution in [-0.2, 0) is 0 Å². The maximum atomic E-state index is 5.90. The fourth-order valence-electron chi connectivity index (χ4n) is 1.37. The quantitative estimate of drug-likeness (QED) is 0.617. The fraction of sp³-hybridized carbons (Fsp3) is 0.636. The first-order chi connectivity index (χ1) is 8.04. The second-order valence-corrected chi connectivity index (χ2v) is 5.60. The first kappa shape index (κ1) is 14.4. The number of nitrogens with one attached hydrogen (secondary N) is 1. The molecule has 0 fully saturated rings. The smallest absolute Gasteiger partial charge is 0.224 e. The van der Waals surface area contributed by atoms with Crippen LogP contribution in [0, 0.1) is 6.92 Å². The Hall–Kier alpha value is -0.680. The molecule has 96 valence electrons. The van der Waals surface area contributed by atoms with E-state index in [9.17, 15) is 0 Å². The SMILES string of the molecule is CCSCCC(C)Nc1nc(Cl)nc(C)c1N. The van der Waals surface area contributed by atoms with Crippen molar-refractivity contribution in [3.63, 3.8) is 0 Å². The summed E-state index contributed by atoms with van der Waals surface area (Å²) >= 11 is 7.74. The maximum Gasteiger partial charge on any atom is 0.224 e. The van der Waals surface area contributed by atoms with Gasteiger partial charge in [-0.25, -0.2) is 4.98 Å². The highest BCUT2D eigenvalue weighted by Crippen LogP contribution is 2.21. The third-order valence-corrected chi connectivity index (χ3v) is 3.49. The molecule has 1 aromatic rings. The lowest BCUT2D eigenvalue weighted by atomic mass is 10.2. The van der Waals surface area contributed by atoms with Gasteiger partial charge < -0.3 is 11.1 Å². The molecule has 3 N–H and O–H groups in total. The van der Waals surface area contributed by atoms with E-state index in [4.69, 9.17) is 17.3 Å². The minimum atomic E-state index is 0.231. The van der Waals surface area contributed by atoms with Gasteiger partial charge in [-0.2, -0.15) is 16.7 Å². The second-order valence-electron chi connectivity index (χ2n) is 3.87. The number of anilines is 2. The van der Waals surface area contributed by atoms with Gasteiger partial charge in [0.15, 0.2) is 5.82 Å². The van der Waals surface area contributed by atoms with Crippen LogP contribution >= 0.6 is 23.4 Å². The van der Waals surface area contributed by atoms with E-state index < -0.39 is 0 Å². The largest absolute Gasteiger partial charge is 0.394 e. The molecular formula is C11H19ClN4S. The number of hydrogen-bond acceptors (Lipinski definition) is 5. The van der Waals surface area contributed by atoms with Crippen molar-refractivity contribution in [2.24, 2.45) is 0 Å². The Morgan fingerprint density at radius 3 is 2.82 bits per heavy atom. The van der Waals surface area contributed by atoms with E-state index in [-0.39, 0.29) is 5.28 Å². The predicted molar refractivity (Wildman–Crippen MR) is 76.9 cm³/mol. The molecule has 0 spiro atoms. The zero-order chi connectivity index (χ0) is 12.8. The van der Waals surface area contributed by atoms with Gasteiger partial charge in [0.1, 0.15) is 0 Å². The van der Waals surface area contributed by atoms with Gasteiger partial charge in [-0.05, 0) is 43.4 Å². The number of aromatic nitrogens is 2. The van der Waals surface area contributed by atoms with Crippen LogP contribution in [-0.4, -0.2) is 27.5 Å². The van der Waals surface area contributed by atoms with Crippen LogP contribution in [0.25, 0.3) is 0 Å². The van der Waals surface area contributed by atoms with Crippen molar-refractivity contribution in [2.45, 2.75) is 33.2 Å². The van der Waals surface area contributed by atoms with Gasteiger partial charge in [0.2, 0.25) is 5.28 Å². The lowest BCUT2D eigenvalue weighted by Gasteiger charge is -2.16. The van der Waals surface area contributed by atoms with Crippen LogP contribution in [0.3, 0.4) is 0 Å². The van der Waals surface area contributed by atoms with Gasteiger partial charge in [-0.3, -0.25) is 0 Å². The minimum absolute atomic E-state index is 0.231. The van der Waals surface area contributed by atoms with Crippen molar-refractivity contribution in [3.05, 3.63) is 11.0 Å². The summed E-state index contributed by atoms with van der Waals surface area (Å²) in [4.78, 5) is 8.11. The lowest BCUT2D eigenvalue weighted by molar-refractivity contribution is 0.766. The standard InChI is InChI=1S/C11H19ClN4S/c1-4-17-6-5-7(2)14-10-9(13)8(3)15-11(12)16-10/h7H,4-6,13H2,1-3H3,(H,14,15,16). The summed E-state index contributed by atoms with van der Waals surface area (Å²) in [6.07, 6.45) is 1.07. The third kappa shape index (κ3) is 4.60. The highest BCUT2D eigenvalue weighted by atomic mass is 35.5. The molecule has 1 heterocycles. The van der Waals surface area contributed by atoms with Crippen molar-refractivity contribution in [1.29, 1.82) is 0 Å². The summed E-state index contributed by atoms with van der Waals surface area (Å²) < 4.78 is 0. The fourth-order valence-corrected chi connectivity index (χ4v) is 2.39. The molecule has 4 nitrogen and oxygen atoms in total. The van der Waals surface area contributed by atoms with Crippen molar-refractivity contribution in [3.8, 4) is 0 Å². The molecule has 0 saturated carbocycles. The van der Waals surface area contributed by atoms with E-state index in [1.165, 1.54) is 0 Å². The topological polar surface area (TPSA) is 63.8 Å². The van der Waals surface area contributed by atoms with Gasteiger partial charge in [0.05, 0.1) is 11.4 Å². The van der Waals surface area contributed by atoms with Crippen LogP contribution in [0.1, 0.15) is 26.0 Å². The third-order valence-electron chi connectivity index (χ3n) is 2.39. The van der Waals surface area contributed by atoms with Gasteiger partial charge in [0, 0.05) is 6.04 Å². The van der Waals surface area contributed by atoms with Crippen LogP contribution in [0.4, 0.5) is 11.5 Å². The van der Waals surface area contributed by atoms with E-state index in [0.29, 0.717) is 23.2 Å². The Bertz CT molecular complexity index is 373. The molecule has 1 aromatic heterocycles. The van der Waals surface area contributed by atoms with Crippen molar-refractivity contribution < 1.29 is 0 Å². The molecule has 0 amide bonds. The summed E-state index contributed by atoms with van der Waals surface area (Å²) in [6, 6.07) is 0.321. The summed E-state index contributed by atoms with van der Waals surface area (Å²) in [6.45, 7) is 6.10. The highest BCUT2D eigenvalue weighted by Gasteiger charge is 2.10. The van der Waals surface area contributed by atoms with E-state index in [2.05, 4.69) is 29.1 Å². The number of halogens is 1. The summed E-state index contributed by atoms with van der Waals surface area (Å²) in [5, 5.41) is 3.51. The number of rotatable bonds is 6. The summed E-state index contributed by atoms with van der Waals surface area (Å²) in [5.74, 6) is 2.91. The number of aryl methyl sites for hydroxylation is 1. The van der Waals surface area contributed by atoms with Gasteiger partial charge >= 0.3 is 0 Å². The molecule has 0 radical (unpaired) electrons. The maximum absolute atomic E-state index is 5.90. The molecule has 6 heteroatoms. The number of nitrogens with two attached hydrogens (primary N) is 1. The zero-order valence-corrected chi connectivity index (χ0v) is 12.0. The van der Waals surface area contributed by atoms with Crippen LogP contribution < -0.4 is 11.1 Å². The molecule has 0 aliphatic rings. The molecule has 0 bridgehead atoms. The summed E-state index contributed by atoms with van der Waals surface area (Å²) in [7, 11) is 0. The van der Waals surface area contributed by atoms with Crippen LogP contribution in [0.2, 0.25) is 5.28 Å². The lowest BCUT2D eigenvalue weighted by Crippen LogP contribution is -2.18. The average molecular weight is 275 g/mol. The Labute approximate surface area is 112 Å². The van der Waals surface area contributed by atoms with Crippen molar-refractivity contribution >= 4 is 34.9 Å². The average Bonchev–Trinajstić information content (AvgIpc) is 2.25. The van der Waals surface area contributed by atoms with E-state index >= 15 is 0 Å². The molecule has 0 aliphatic heterocycles. The monoisotopic (exact) mass is 274 g/mol. The number of nitrogens with zero attached hydrogens (tertiary/aromatic N) is 2. The van der Waals surface area contributed by atoms with Crippen LogP contribution in [0.5, 0.6) is 0 Å². The van der Waals surface area contributed by atoms with E-state index in [1.807, 2.05) is 18.7 Å². The number of nitrogen functional groups attached to an aromatic ring is 1. The number of thioether (sulfide) groups is 1. The van der Waals surface area contributed by atoms with Gasteiger partial charge in [-0.15, -0.1) is 0 Å². The highest BCUT2D eigenvalue weighted by molar-refractivity contribution is 7.99. The molecule has 1 atom stereocenters. The molecular weight excluding hydrogens is 256 g/mol. The molecule has 17 heavy (non-hydrogen) atoms. The van der Waals surface area contributed by atoms with Gasteiger partial charge in [-0.1, -0.05) is 6.92 Å². The molecule has 1 unspecified atom stereocenters. The Morgan fingerprint density at radius 1 is 1.47 bits per heavy atom. The normalized spacial score (nSPS) is 12.5. The minimum Gasteiger partial charge on any atom is -0.394 e.